The average Bonchev–Trinajstić information content (AvgIpc) is 3.20. The summed E-state index contributed by atoms with van der Waals surface area (Å²) in [5, 5.41) is 18.1. The predicted molar refractivity (Wildman–Crippen MR) is 89.6 cm³/mol. The molecule has 0 radical (unpaired) electrons. The highest BCUT2D eigenvalue weighted by Gasteiger charge is 2.33. The van der Waals surface area contributed by atoms with Crippen molar-refractivity contribution in [1.82, 2.24) is 24.8 Å². The molecule has 2 atom stereocenters. The maximum Gasteiger partial charge on any atom is 0.254 e. The number of fused-ring (bicyclic) bond motifs is 1. The molecule has 7 heteroatoms. The minimum absolute atomic E-state index is 0.0502. The number of carbonyl (C=O) groups excluding carboxylic acids is 1. The molecule has 4 rings (SSSR count). The monoisotopic (exact) mass is 329 g/mol. The summed E-state index contributed by atoms with van der Waals surface area (Å²) < 4.78 is 1.70. The Morgan fingerprint density at radius 1 is 1.21 bits per heavy atom. The lowest BCUT2D eigenvalue weighted by Gasteiger charge is -2.39. The summed E-state index contributed by atoms with van der Waals surface area (Å²) in [6.45, 7) is 3.09. The van der Waals surface area contributed by atoms with Gasteiger partial charge in [0.1, 0.15) is 5.52 Å². The van der Waals surface area contributed by atoms with Crippen LogP contribution in [0.25, 0.3) is 11.0 Å². The third-order valence-corrected chi connectivity index (χ3v) is 5.37. The number of amides is 1. The lowest BCUT2D eigenvalue weighted by Crippen LogP contribution is -2.53. The number of benzene rings is 1. The van der Waals surface area contributed by atoms with Crippen LogP contribution in [0.3, 0.4) is 0 Å². The van der Waals surface area contributed by atoms with Gasteiger partial charge in [0, 0.05) is 44.8 Å². The van der Waals surface area contributed by atoms with E-state index in [1.54, 1.807) is 4.68 Å². The Hall–Kier alpha value is -1.99. The molecule has 0 spiro atoms. The number of aryl methyl sites for hydroxylation is 1. The SMILES string of the molecule is Cn1nnc2cc(C(=O)N3CCN([C@@H]4CCC[C@@H]4O)CC3)ccc21. The molecule has 0 bridgehead atoms. The Morgan fingerprint density at radius 3 is 2.71 bits per heavy atom. The van der Waals surface area contributed by atoms with Gasteiger partial charge in [-0.15, -0.1) is 5.10 Å². The number of aromatic nitrogens is 3. The molecule has 1 saturated carbocycles. The van der Waals surface area contributed by atoms with Crippen LogP contribution >= 0.6 is 0 Å². The van der Waals surface area contributed by atoms with Crippen LogP contribution in [0.4, 0.5) is 0 Å². The first-order valence-corrected chi connectivity index (χ1v) is 8.64. The summed E-state index contributed by atoms with van der Waals surface area (Å²) in [6.07, 6.45) is 2.87. The van der Waals surface area contributed by atoms with E-state index >= 15 is 0 Å². The molecule has 128 valence electrons. The Balaban J connectivity index is 1.43. The van der Waals surface area contributed by atoms with E-state index in [4.69, 9.17) is 0 Å². The molecule has 0 unspecified atom stereocenters. The van der Waals surface area contributed by atoms with Crippen molar-refractivity contribution >= 4 is 16.9 Å². The first-order valence-electron chi connectivity index (χ1n) is 8.64. The highest BCUT2D eigenvalue weighted by Crippen LogP contribution is 2.25. The number of rotatable bonds is 2. The van der Waals surface area contributed by atoms with Gasteiger partial charge in [-0.3, -0.25) is 9.69 Å². The largest absolute Gasteiger partial charge is 0.391 e. The molecular formula is C17H23N5O2. The van der Waals surface area contributed by atoms with E-state index in [1.165, 1.54) is 0 Å². The third-order valence-electron chi connectivity index (χ3n) is 5.37. The van der Waals surface area contributed by atoms with Gasteiger partial charge in [0.2, 0.25) is 0 Å². The maximum atomic E-state index is 12.7. The number of hydrogen-bond acceptors (Lipinski definition) is 5. The van der Waals surface area contributed by atoms with Gasteiger partial charge in [0.25, 0.3) is 5.91 Å². The second kappa shape index (κ2) is 6.14. The van der Waals surface area contributed by atoms with Crippen molar-refractivity contribution < 1.29 is 9.90 Å². The van der Waals surface area contributed by atoms with Gasteiger partial charge in [0.15, 0.2) is 0 Å². The standard InChI is InChI=1S/C17H23N5O2/c1-20-14-6-5-12(11-13(14)18-19-20)17(24)22-9-7-21(8-10-22)15-3-2-4-16(15)23/h5-6,11,15-16,23H,2-4,7-10H2,1H3/t15-,16+/m1/s1. The normalized spacial score (nSPS) is 25.5. The van der Waals surface area contributed by atoms with Crippen LogP contribution in [0.2, 0.25) is 0 Å². The third kappa shape index (κ3) is 2.67. The Kier molecular flexibility index (Phi) is 3.97. The van der Waals surface area contributed by atoms with Gasteiger partial charge in [-0.05, 0) is 37.5 Å². The minimum Gasteiger partial charge on any atom is -0.391 e. The molecular weight excluding hydrogens is 306 g/mol. The van der Waals surface area contributed by atoms with Crippen molar-refractivity contribution in [2.45, 2.75) is 31.4 Å². The van der Waals surface area contributed by atoms with Crippen molar-refractivity contribution in [3.05, 3.63) is 23.8 Å². The van der Waals surface area contributed by atoms with Gasteiger partial charge in [-0.2, -0.15) is 0 Å². The molecule has 1 aromatic heterocycles. The second-order valence-corrected chi connectivity index (χ2v) is 6.81. The van der Waals surface area contributed by atoms with E-state index in [0.717, 1.165) is 43.4 Å². The van der Waals surface area contributed by atoms with Gasteiger partial charge in [-0.1, -0.05) is 5.21 Å². The Labute approximate surface area is 140 Å². The summed E-state index contributed by atoms with van der Waals surface area (Å²) in [5.41, 5.74) is 2.33. The zero-order valence-electron chi connectivity index (χ0n) is 13.9. The van der Waals surface area contributed by atoms with Crippen LogP contribution < -0.4 is 0 Å². The molecule has 1 N–H and O–H groups in total. The van der Waals surface area contributed by atoms with E-state index in [2.05, 4.69) is 15.2 Å². The number of aliphatic hydroxyl groups excluding tert-OH is 1. The van der Waals surface area contributed by atoms with Crippen molar-refractivity contribution in [3.8, 4) is 0 Å². The summed E-state index contributed by atoms with van der Waals surface area (Å²) in [7, 11) is 1.84. The van der Waals surface area contributed by atoms with Crippen LogP contribution in [-0.2, 0) is 7.05 Å². The number of piperazine rings is 1. The maximum absolute atomic E-state index is 12.7. The minimum atomic E-state index is -0.202. The van der Waals surface area contributed by atoms with Crippen LogP contribution in [-0.4, -0.2) is 74.1 Å². The van der Waals surface area contributed by atoms with Crippen molar-refractivity contribution in [2.24, 2.45) is 7.05 Å². The quantitative estimate of drug-likeness (QED) is 0.875. The van der Waals surface area contributed by atoms with Gasteiger partial charge in [-0.25, -0.2) is 4.68 Å². The summed E-state index contributed by atoms with van der Waals surface area (Å²) >= 11 is 0. The van der Waals surface area contributed by atoms with Gasteiger partial charge < -0.3 is 10.0 Å². The van der Waals surface area contributed by atoms with Crippen molar-refractivity contribution in [3.63, 3.8) is 0 Å². The number of aliphatic hydroxyl groups is 1. The second-order valence-electron chi connectivity index (χ2n) is 6.81. The zero-order valence-corrected chi connectivity index (χ0v) is 13.9. The van der Waals surface area contributed by atoms with E-state index < -0.39 is 0 Å². The lowest BCUT2D eigenvalue weighted by atomic mass is 10.1. The average molecular weight is 329 g/mol. The molecule has 2 aliphatic rings. The molecule has 24 heavy (non-hydrogen) atoms. The van der Waals surface area contributed by atoms with Gasteiger partial charge >= 0.3 is 0 Å². The van der Waals surface area contributed by atoms with Crippen LogP contribution in [0.15, 0.2) is 18.2 Å². The Bertz CT molecular complexity index is 751. The smallest absolute Gasteiger partial charge is 0.254 e. The summed E-state index contributed by atoms with van der Waals surface area (Å²) in [4.78, 5) is 17.0. The molecule has 1 amide bonds. The van der Waals surface area contributed by atoms with Crippen molar-refractivity contribution in [1.29, 1.82) is 0 Å². The highest BCUT2D eigenvalue weighted by atomic mass is 16.3. The molecule has 1 aromatic carbocycles. The summed E-state index contributed by atoms with van der Waals surface area (Å²) in [6, 6.07) is 5.84. The number of nitrogens with zero attached hydrogens (tertiary/aromatic N) is 5. The molecule has 1 aliphatic heterocycles. The molecule has 2 aromatic rings. The predicted octanol–water partition coefficient (Wildman–Crippen LogP) is 0.639. The van der Waals surface area contributed by atoms with Crippen LogP contribution in [0.1, 0.15) is 29.6 Å². The number of hydrogen-bond donors (Lipinski definition) is 1. The van der Waals surface area contributed by atoms with E-state index in [1.807, 2.05) is 30.1 Å². The highest BCUT2D eigenvalue weighted by molar-refractivity contribution is 5.97. The van der Waals surface area contributed by atoms with Crippen LogP contribution in [0, 0.1) is 0 Å². The lowest BCUT2D eigenvalue weighted by molar-refractivity contribution is 0.0315. The van der Waals surface area contributed by atoms with E-state index in [9.17, 15) is 9.90 Å². The van der Waals surface area contributed by atoms with E-state index in [-0.39, 0.29) is 18.1 Å². The fraction of sp³-hybridized carbons (Fsp3) is 0.588. The van der Waals surface area contributed by atoms with E-state index in [0.29, 0.717) is 18.7 Å². The summed E-state index contributed by atoms with van der Waals surface area (Å²) in [5.74, 6) is 0.0502. The molecule has 1 saturated heterocycles. The Morgan fingerprint density at radius 2 is 2.00 bits per heavy atom. The number of carbonyl (C=O) groups is 1. The zero-order chi connectivity index (χ0) is 16.7. The van der Waals surface area contributed by atoms with Gasteiger partial charge in [0.05, 0.1) is 11.6 Å². The van der Waals surface area contributed by atoms with Crippen molar-refractivity contribution in [2.75, 3.05) is 26.2 Å². The fourth-order valence-electron chi connectivity index (χ4n) is 3.96. The molecule has 7 nitrogen and oxygen atoms in total. The first-order chi connectivity index (χ1) is 11.6. The topological polar surface area (TPSA) is 74.5 Å². The fourth-order valence-corrected chi connectivity index (χ4v) is 3.96. The molecule has 1 aliphatic carbocycles. The van der Waals surface area contributed by atoms with Crippen LogP contribution in [0.5, 0.6) is 0 Å². The first kappa shape index (κ1) is 15.5. The molecule has 2 fully saturated rings. The molecule has 2 heterocycles.